The van der Waals surface area contributed by atoms with Gasteiger partial charge in [0.25, 0.3) is 0 Å². The summed E-state index contributed by atoms with van der Waals surface area (Å²) in [6.07, 6.45) is 1.74. The molecule has 0 amide bonds. The van der Waals surface area contributed by atoms with Gasteiger partial charge < -0.3 is 9.64 Å². The van der Waals surface area contributed by atoms with Crippen LogP contribution < -0.4 is 15.3 Å². The number of thiol groups is 1. The highest BCUT2D eigenvalue weighted by Crippen LogP contribution is 2.31. The summed E-state index contributed by atoms with van der Waals surface area (Å²) in [5, 5.41) is 0. The van der Waals surface area contributed by atoms with Crippen LogP contribution in [0.1, 0.15) is 36.8 Å². The maximum atomic E-state index is 13.2. The normalized spacial score (nSPS) is 11.3. The molecule has 0 unspecified atom stereocenters. The number of benzene rings is 1. The van der Waals surface area contributed by atoms with Gasteiger partial charge in [0, 0.05) is 30.5 Å². The summed E-state index contributed by atoms with van der Waals surface area (Å²) in [5.74, 6) is 2.12. The summed E-state index contributed by atoms with van der Waals surface area (Å²) < 4.78 is 8.23. The van der Waals surface area contributed by atoms with Crippen molar-refractivity contribution in [2.45, 2.75) is 33.2 Å². The second-order valence-electron chi connectivity index (χ2n) is 7.98. The standard InChI is InChI=1S/C23H26N6O2S/c1-14(2)20-25-21(27(4)17-6-8-18(31-5)9-7-17)19-22(26-20)28(23(30)29(19)32)13-16-10-11-24-15(3)12-16/h6-12,14,32H,13H2,1-5H3. The minimum Gasteiger partial charge on any atom is -0.497 e. The molecule has 0 radical (unpaired) electrons. The molecular formula is C23H26N6O2S. The molecule has 0 bridgehead atoms. The first-order valence-electron chi connectivity index (χ1n) is 10.3. The average Bonchev–Trinajstić information content (AvgIpc) is 3.03. The fraction of sp³-hybridized carbons (Fsp3) is 0.304. The topological polar surface area (TPSA) is 78.1 Å². The molecule has 0 saturated heterocycles. The van der Waals surface area contributed by atoms with Gasteiger partial charge in [-0.1, -0.05) is 26.7 Å². The van der Waals surface area contributed by atoms with E-state index in [-0.39, 0.29) is 11.6 Å². The van der Waals surface area contributed by atoms with Crippen LogP contribution in [0.25, 0.3) is 11.2 Å². The van der Waals surface area contributed by atoms with Crippen molar-refractivity contribution in [2.75, 3.05) is 19.1 Å². The lowest BCUT2D eigenvalue weighted by Crippen LogP contribution is -2.21. The highest BCUT2D eigenvalue weighted by Gasteiger charge is 2.23. The lowest BCUT2D eigenvalue weighted by atomic mass is 10.2. The fourth-order valence-corrected chi connectivity index (χ4v) is 3.86. The van der Waals surface area contributed by atoms with Crippen molar-refractivity contribution in [3.63, 3.8) is 0 Å². The van der Waals surface area contributed by atoms with Crippen LogP contribution in [0.15, 0.2) is 47.4 Å². The smallest absolute Gasteiger partial charge is 0.340 e. The molecule has 9 heteroatoms. The lowest BCUT2D eigenvalue weighted by molar-refractivity contribution is 0.415. The Morgan fingerprint density at radius 3 is 2.50 bits per heavy atom. The summed E-state index contributed by atoms with van der Waals surface area (Å²) in [4.78, 5) is 28.9. The van der Waals surface area contributed by atoms with Crippen LogP contribution in [0.4, 0.5) is 11.5 Å². The van der Waals surface area contributed by atoms with E-state index >= 15 is 0 Å². The number of aryl methyl sites for hydroxylation is 1. The summed E-state index contributed by atoms with van der Waals surface area (Å²) in [6.45, 7) is 6.36. The van der Waals surface area contributed by atoms with E-state index in [0.29, 0.717) is 29.4 Å². The SMILES string of the molecule is COc1ccc(N(C)c2nc(C(C)C)nc3c2n(S)c(=O)n3Cc2ccnc(C)c2)cc1. The van der Waals surface area contributed by atoms with Gasteiger partial charge in [-0.3, -0.25) is 9.55 Å². The third-order valence-electron chi connectivity index (χ3n) is 5.34. The van der Waals surface area contributed by atoms with Gasteiger partial charge in [-0.05, 0) is 48.9 Å². The average molecular weight is 451 g/mol. The number of anilines is 2. The van der Waals surface area contributed by atoms with Gasteiger partial charge in [0.2, 0.25) is 0 Å². The number of rotatable bonds is 6. The van der Waals surface area contributed by atoms with Crippen molar-refractivity contribution in [1.29, 1.82) is 0 Å². The van der Waals surface area contributed by atoms with Gasteiger partial charge in [-0.2, -0.15) is 0 Å². The van der Waals surface area contributed by atoms with E-state index in [0.717, 1.165) is 22.7 Å². The van der Waals surface area contributed by atoms with Crippen molar-refractivity contribution in [2.24, 2.45) is 0 Å². The van der Waals surface area contributed by atoms with Crippen LogP contribution in [0, 0.1) is 6.92 Å². The summed E-state index contributed by atoms with van der Waals surface area (Å²) in [7, 11) is 3.55. The van der Waals surface area contributed by atoms with E-state index in [4.69, 9.17) is 14.7 Å². The largest absolute Gasteiger partial charge is 0.497 e. The molecule has 0 spiro atoms. The zero-order chi connectivity index (χ0) is 23.0. The van der Waals surface area contributed by atoms with E-state index in [2.05, 4.69) is 17.8 Å². The summed E-state index contributed by atoms with van der Waals surface area (Å²) in [6, 6.07) is 11.5. The molecule has 0 N–H and O–H groups in total. The third kappa shape index (κ3) is 3.95. The molecule has 0 atom stereocenters. The number of imidazole rings is 1. The van der Waals surface area contributed by atoms with Crippen LogP contribution in [0.2, 0.25) is 0 Å². The Balaban J connectivity index is 1.92. The predicted molar refractivity (Wildman–Crippen MR) is 129 cm³/mol. The molecule has 1 aromatic carbocycles. The van der Waals surface area contributed by atoms with E-state index in [1.165, 1.54) is 3.97 Å². The first-order valence-corrected chi connectivity index (χ1v) is 10.7. The molecular weight excluding hydrogens is 424 g/mol. The van der Waals surface area contributed by atoms with Crippen molar-refractivity contribution >= 4 is 35.5 Å². The third-order valence-corrected chi connectivity index (χ3v) is 5.71. The Labute approximate surface area is 192 Å². The zero-order valence-corrected chi connectivity index (χ0v) is 19.7. The molecule has 0 aliphatic carbocycles. The van der Waals surface area contributed by atoms with Crippen LogP contribution in [0.3, 0.4) is 0 Å². The quantitative estimate of drug-likeness (QED) is 0.449. The van der Waals surface area contributed by atoms with Crippen molar-refractivity contribution in [3.05, 3.63) is 70.2 Å². The van der Waals surface area contributed by atoms with E-state index in [1.807, 2.05) is 69.1 Å². The number of hydrogen-bond donors (Lipinski definition) is 1. The molecule has 0 aliphatic rings. The Morgan fingerprint density at radius 2 is 1.88 bits per heavy atom. The van der Waals surface area contributed by atoms with Crippen molar-refractivity contribution in [1.82, 2.24) is 23.5 Å². The molecule has 0 saturated carbocycles. The van der Waals surface area contributed by atoms with Crippen LogP contribution >= 0.6 is 12.8 Å². The Bertz CT molecular complexity index is 1330. The number of hydrogen-bond acceptors (Lipinski definition) is 7. The highest BCUT2D eigenvalue weighted by molar-refractivity contribution is 7.78. The van der Waals surface area contributed by atoms with Crippen molar-refractivity contribution in [3.8, 4) is 5.75 Å². The molecule has 32 heavy (non-hydrogen) atoms. The fourth-order valence-electron chi connectivity index (χ4n) is 3.57. The second kappa shape index (κ2) is 8.66. The number of methoxy groups -OCH3 is 1. The van der Waals surface area contributed by atoms with E-state index < -0.39 is 0 Å². The highest BCUT2D eigenvalue weighted by atomic mass is 32.1. The number of pyridine rings is 1. The maximum Gasteiger partial charge on any atom is 0.340 e. The number of aromatic nitrogens is 5. The van der Waals surface area contributed by atoms with Gasteiger partial charge in [-0.25, -0.2) is 18.7 Å². The number of nitrogens with zero attached hydrogens (tertiary/aromatic N) is 6. The summed E-state index contributed by atoms with van der Waals surface area (Å²) in [5.41, 5.74) is 3.61. The van der Waals surface area contributed by atoms with E-state index in [9.17, 15) is 4.79 Å². The number of ether oxygens (including phenoxy) is 1. The van der Waals surface area contributed by atoms with E-state index in [1.54, 1.807) is 17.9 Å². The summed E-state index contributed by atoms with van der Waals surface area (Å²) >= 11 is 4.51. The lowest BCUT2D eigenvalue weighted by Gasteiger charge is -2.21. The van der Waals surface area contributed by atoms with Gasteiger partial charge in [0.1, 0.15) is 17.1 Å². The van der Waals surface area contributed by atoms with Gasteiger partial charge in [0.15, 0.2) is 11.5 Å². The monoisotopic (exact) mass is 450 g/mol. The first-order chi connectivity index (χ1) is 15.3. The molecule has 3 heterocycles. The van der Waals surface area contributed by atoms with Gasteiger partial charge in [-0.15, -0.1) is 0 Å². The second-order valence-corrected chi connectivity index (χ2v) is 8.38. The molecule has 0 fully saturated rings. The Morgan fingerprint density at radius 1 is 1.16 bits per heavy atom. The number of fused-ring (bicyclic) bond motifs is 1. The van der Waals surface area contributed by atoms with Crippen molar-refractivity contribution < 1.29 is 4.74 Å². The first kappa shape index (κ1) is 21.9. The Kier molecular flexibility index (Phi) is 5.92. The minimum absolute atomic E-state index is 0.0809. The minimum atomic E-state index is -0.266. The Hall–Kier alpha value is -3.33. The molecule has 0 aliphatic heterocycles. The van der Waals surface area contributed by atoms with Gasteiger partial charge in [0.05, 0.1) is 13.7 Å². The molecule has 3 aromatic heterocycles. The van der Waals surface area contributed by atoms with Crippen LogP contribution in [-0.2, 0) is 6.54 Å². The molecule has 8 nitrogen and oxygen atoms in total. The van der Waals surface area contributed by atoms with Crippen LogP contribution in [0.5, 0.6) is 5.75 Å². The zero-order valence-electron chi connectivity index (χ0n) is 18.8. The molecule has 4 aromatic rings. The van der Waals surface area contributed by atoms with Crippen LogP contribution in [-0.4, -0.2) is 37.6 Å². The molecule has 4 rings (SSSR count). The maximum absolute atomic E-state index is 13.2. The predicted octanol–water partition coefficient (Wildman–Crippen LogP) is 3.94. The molecule has 166 valence electrons. The van der Waals surface area contributed by atoms with Gasteiger partial charge >= 0.3 is 5.69 Å².